The van der Waals surface area contributed by atoms with Gasteiger partial charge in [-0.25, -0.2) is 0 Å². The maximum absolute atomic E-state index is 12.7. The summed E-state index contributed by atoms with van der Waals surface area (Å²) < 4.78 is 38.1. The van der Waals surface area contributed by atoms with Gasteiger partial charge in [0.2, 0.25) is 0 Å². The van der Waals surface area contributed by atoms with Gasteiger partial charge in [-0.1, -0.05) is 18.6 Å². The molecular weight excluding hydrogens is 255 g/mol. The first-order valence-electron chi connectivity index (χ1n) is 6.54. The zero-order chi connectivity index (χ0) is 13.9. The zero-order valence-corrected chi connectivity index (χ0v) is 10.7. The van der Waals surface area contributed by atoms with Gasteiger partial charge in [0, 0.05) is 0 Å². The molecular formula is C14H18F3NO. The van der Waals surface area contributed by atoms with Gasteiger partial charge in [-0.2, -0.15) is 13.2 Å². The Morgan fingerprint density at radius 2 is 1.84 bits per heavy atom. The Morgan fingerprint density at radius 3 is 2.42 bits per heavy atom. The van der Waals surface area contributed by atoms with Gasteiger partial charge >= 0.3 is 6.18 Å². The number of hydrogen-bond donors (Lipinski definition) is 1. The Bertz CT molecular complexity index is 413. The molecule has 0 radical (unpaired) electrons. The number of benzene rings is 1. The molecule has 1 saturated heterocycles. The fourth-order valence-corrected chi connectivity index (χ4v) is 2.58. The molecule has 1 atom stereocenters. The predicted molar refractivity (Wildman–Crippen MR) is 66.7 cm³/mol. The summed E-state index contributed by atoms with van der Waals surface area (Å²) >= 11 is 0. The van der Waals surface area contributed by atoms with Crippen LogP contribution in [-0.2, 0) is 6.18 Å². The van der Waals surface area contributed by atoms with E-state index in [9.17, 15) is 18.3 Å². The number of hydrogen-bond acceptors (Lipinski definition) is 2. The number of alkyl halides is 3. The molecule has 0 saturated carbocycles. The molecule has 1 heterocycles. The van der Waals surface area contributed by atoms with E-state index in [0.29, 0.717) is 5.56 Å². The number of aliphatic hydroxyl groups is 1. The van der Waals surface area contributed by atoms with Crippen LogP contribution in [-0.4, -0.2) is 29.7 Å². The van der Waals surface area contributed by atoms with Crippen molar-refractivity contribution in [3.8, 4) is 0 Å². The van der Waals surface area contributed by atoms with Crippen molar-refractivity contribution in [1.29, 1.82) is 0 Å². The lowest BCUT2D eigenvalue weighted by Crippen LogP contribution is -2.35. The lowest BCUT2D eigenvalue weighted by Gasteiger charge is -2.34. The van der Waals surface area contributed by atoms with Crippen LogP contribution in [0.5, 0.6) is 0 Å². The summed E-state index contributed by atoms with van der Waals surface area (Å²) in [6.45, 7) is 1.52. The second-order valence-corrected chi connectivity index (χ2v) is 4.92. The summed E-state index contributed by atoms with van der Waals surface area (Å²) in [5.74, 6) is 0. The van der Waals surface area contributed by atoms with E-state index in [0.717, 1.165) is 44.5 Å². The van der Waals surface area contributed by atoms with E-state index in [-0.39, 0.29) is 12.6 Å². The predicted octanol–water partition coefficient (Wildman–Crippen LogP) is 3.22. The van der Waals surface area contributed by atoms with Crippen molar-refractivity contribution < 1.29 is 18.3 Å². The van der Waals surface area contributed by atoms with Crippen LogP contribution in [0.3, 0.4) is 0 Å². The van der Waals surface area contributed by atoms with E-state index >= 15 is 0 Å². The van der Waals surface area contributed by atoms with Crippen LogP contribution in [0.1, 0.15) is 36.4 Å². The lowest BCUT2D eigenvalue weighted by atomic mass is 10.0. The Kier molecular flexibility index (Phi) is 4.47. The fourth-order valence-electron chi connectivity index (χ4n) is 2.58. The number of likely N-dealkylation sites (tertiary alicyclic amines) is 1. The third-order valence-electron chi connectivity index (χ3n) is 3.60. The highest BCUT2D eigenvalue weighted by molar-refractivity contribution is 5.28. The fraction of sp³-hybridized carbons (Fsp3) is 0.571. The molecule has 2 nitrogen and oxygen atoms in total. The van der Waals surface area contributed by atoms with Crippen LogP contribution in [0.4, 0.5) is 13.2 Å². The van der Waals surface area contributed by atoms with Crippen LogP contribution in [0, 0.1) is 0 Å². The van der Waals surface area contributed by atoms with E-state index in [1.165, 1.54) is 6.07 Å². The molecule has 106 valence electrons. The molecule has 0 bridgehead atoms. The van der Waals surface area contributed by atoms with Crippen LogP contribution in [0.25, 0.3) is 0 Å². The first-order chi connectivity index (χ1) is 9.02. The minimum absolute atomic E-state index is 0.151. The molecule has 0 amide bonds. The normalized spacial score (nSPS) is 19.4. The van der Waals surface area contributed by atoms with Crippen molar-refractivity contribution in [2.24, 2.45) is 0 Å². The smallest absolute Gasteiger partial charge is 0.394 e. The second kappa shape index (κ2) is 5.92. The monoisotopic (exact) mass is 273 g/mol. The van der Waals surface area contributed by atoms with Crippen molar-refractivity contribution in [2.75, 3.05) is 19.7 Å². The third kappa shape index (κ3) is 3.48. The average Bonchev–Trinajstić information content (AvgIpc) is 2.40. The van der Waals surface area contributed by atoms with E-state index in [2.05, 4.69) is 4.90 Å². The maximum atomic E-state index is 12.7. The molecule has 0 aliphatic carbocycles. The number of halogens is 3. The molecule has 5 heteroatoms. The first kappa shape index (κ1) is 14.3. The number of nitrogens with zero attached hydrogens (tertiary/aromatic N) is 1. The van der Waals surface area contributed by atoms with E-state index in [1.54, 1.807) is 6.07 Å². The molecule has 0 unspecified atom stereocenters. The van der Waals surface area contributed by atoms with Crippen molar-refractivity contribution in [3.63, 3.8) is 0 Å². The van der Waals surface area contributed by atoms with Gasteiger partial charge in [0.05, 0.1) is 18.2 Å². The lowest BCUT2D eigenvalue weighted by molar-refractivity contribution is -0.137. The molecule has 0 aromatic heterocycles. The van der Waals surface area contributed by atoms with Gasteiger partial charge in [-0.3, -0.25) is 4.90 Å². The summed E-state index contributed by atoms with van der Waals surface area (Å²) in [4.78, 5) is 2.07. The number of piperidine rings is 1. The summed E-state index contributed by atoms with van der Waals surface area (Å²) in [6, 6.07) is 4.95. The highest BCUT2D eigenvalue weighted by Gasteiger charge is 2.31. The van der Waals surface area contributed by atoms with Crippen LogP contribution in [0.15, 0.2) is 24.3 Å². The van der Waals surface area contributed by atoms with E-state index in [4.69, 9.17) is 0 Å². The Hall–Kier alpha value is -1.07. The van der Waals surface area contributed by atoms with Crippen LogP contribution < -0.4 is 0 Å². The summed E-state index contributed by atoms with van der Waals surface area (Å²) in [7, 11) is 0. The maximum Gasteiger partial charge on any atom is 0.416 e. The van der Waals surface area contributed by atoms with Crippen molar-refractivity contribution in [3.05, 3.63) is 35.4 Å². The molecule has 1 fully saturated rings. The van der Waals surface area contributed by atoms with Crippen LogP contribution >= 0.6 is 0 Å². The Labute approximate surface area is 110 Å². The number of rotatable bonds is 3. The van der Waals surface area contributed by atoms with E-state index in [1.807, 2.05) is 0 Å². The van der Waals surface area contributed by atoms with Gasteiger partial charge in [0.1, 0.15) is 0 Å². The van der Waals surface area contributed by atoms with Gasteiger partial charge in [0.25, 0.3) is 0 Å². The molecule has 1 aromatic rings. The topological polar surface area (TPSA) is 23.5 Å². The SMILES string of the molecule is OC[C@H](c1cccc(C(F)(F)F)c1)N1CCCCC1. The first-order valence-corrected chi connectivity index (χ1v) is 6.54. The van der Waals surface area contributed by atoms with Gasteiger partial charge < -0.3 is 5.11 Å². The van der Waals surface area contributed by atoms with Crippen LogP contribution in [0.2, 0.25) is 0 Å². The molecule has 0 spiro atoms. The average molecular weight is 273 g/mol. The number of aliphatic hydroxyl groups excluding tert-OH is 1. The van der Waals surface area contributed by atoms with Gasteiger partial charge in [0.15, 0.2) is 0 Å². The highest BCUT2D eigenvalue weighted by Crippen LogP contribution is 2.32. The largest absolute Gasteiger partial charge is 0.416 e. The van der Waals surface area contributed by atoms with Gasteiger partial charge in [-0.05, 0) is 43.6 Å². The quantitative estimate of drug-likeness (QED) is 0.914. The van der Waals surface area contributed by atoms with Crippen molar-refractivity contribution in [2.45, 2.75) is 31.5 Å². The molecule has 1 N–H and O–H groups in total. The third-order valence-corrected chi connectivity index (χ3v) is 3.60. The zero-order valence-electron chi connectivity index (χ0n) is 10.7. The molecule has 1 aliphatic rings. The summed E-state index contributed by atoms with van der Waals surface area (Å²) in [5.41, 5.74) is -0.111. The van der Waals surface area contributed by atoms with Crippen molar-refractivity contribution in [1.82, 2.24) is 4.90 Å². The second-order valence-electron chi connectivity index (χ2n) is 4.92. The summed E-state index contributed by atoms with van der Waals surface area (Å²) in [6.07, 6.45) is -1.11. The van der Waals surface area contributed by atoms with Gasteiger partial charge in [-0.15, -0.1) is 0 Å². The summed E-state index contributed by atoms with van der Waals surface area (Å²) in [5, 5.41) is 9.50. The van der Waals surface area contributed by atoms with Crippen molar-refractivity contribution >= 4 is 0 Å². The van der Waals surface area contributed by atoms with E-state index < -0.39 is 11.7 Å². The minimum atomic E-state index is -4.34. The molecule has 19 heavy (non-hydrogen) atoms. The molecule has 1 aromatic carbocycles. The minimum Gasteiger partial charge on any atom is -0.394 e. The standard InChI is InChI=1S/C14H18F3NO/c15-14(16,17)12-6-4-5-11(9-12)13(10-19)18-7-2-1-3-8-18/h4-6,9,13,19H,1-3,7-8,10H2/t13-/m1/s1. The highest BCUT2D eigenvalue weighted by atomic mass is 19.4. The molecule has 1 aliphatic heterocycles. The Balaban J connectivity index is 2.22. The molecule has 2 rings (SSSR count). The Morgan fingerprint density at radius 1 is 1.16 bits per heavy atom.